The SMILES string of the molecule is CCC1C(=O)NC(=O)CN1c1nccnc1Cl. The Bertz CT molecular complexity index is 465. The van der Waals surface area contributed by atoms with Crippen LogP contribution in [0.3, 0.4) is 0 Å². The molecular formula is C10H11ClN4O2. The molecule has 17 heavy (non-hydrogen) atoms. The van der Waals surface area contributed by atoms with Gasteiger partial charge in [0.15, 0.2) is 11.0 Å². The van der Waals surface area contributed by atoms with E-state index in [1.807, 2.05) is 6.92 Å². The summed E-state index contributed by atoms with van der Waals surface area (Å²) in [7, 11) is 0. The van der Waals surface area contributed by atoms with Crippen molar-refractivity contribution in [1.29, 1.82) is 0 Å². The van der Waals surface area contributed by atoms with Crippen molar-refractivity contribution in [3.8, 4) is 0 Å². The van der Waals surface area contributed by atoms with E-state index in [1.165, 1.54) is 12.4 Å². The van der Waals surface area contributed by atoms with E-state index < -0.39 is 6.04 Å². The lowest BCUT2D eigenvalue weighted by atomic mass is 10.1. The molecule has 1 aromatic rings. The van der Waals surface area contributed by atoms with Crippen LogP contribution in [0.2, 0.25) is 5.15 Å². The van der Waals surface area contributed by atoms with Crippen molar-refractivity contribution in [1.82, 2.24) is 15.3 Å². The zero-order valence-corrected chi connectivity index (χ0v) is 9.94. The number of nitrogens with one attached hydrogen (secondary N) is 1. The summed E-state index contributed by atoms with van der Waals surface area (Å²) in [6.07, 6.45) is 3.50. The first-order chi connectivity index (χ1) is 8.13. The number of imide groups is 1. The number of piperazine rings is 1. The summed E-state index contributed by atoms with van der Waals surface area (Å²) in [6.45, 7) is 1.92. The lowest BCUT2D eigenvalue weighted by Gasteiger charge is -2.34. The molecular weight excluding hydrogens is 244 g/mol. The lowest BCUT2D eigenvalue weighted by molar-refractivity contribution is -0.132. The molecule has 1 fully saturated rings. The van der Waals surface area contributed by atoms with Crippen LogP contribution in [0.1, 0.15) is 13.3 Å². The van der Waals surface area contributed by atoms with Crippen molar-refractivity contribution >= 4 is 29.2 Å². The molecule has 7 heteroatoms. The van der Waals surface area contributed by atoms with Crippen LogP contribution in [0.4, 0.5) is 5.82 Å². The van der Waals surface area contributed by atoms with Crippen LogP contribution in [-0.2, 0) is 9.59 Å². The summed E-state index contributed by atoms with van der Waals surface area (Å²) >= 11 is 5.92. The minimum Gasteiger partial charge on any atom is -0.333 e. The number of amides is 2. The minimum atomic E-state index is -0.443. The van der Waals surface area contributed by atoms with E-state index in [4.69, 9.17) is 11.6 Å². The van der Waals surface area contributed by atoms with E-state index >= 15 is 0 Å². The predicted molar refractivity (Wildman–Crippen MR) is 61.6 cm³/mol. The molecule has 1 unspecified atom stereocenters. The number of hydrogen-bond donors (Lipinski definition) is 1. The van der Waals surface area contributed by atoms with Gasteiger partial charge < -0.3 is 4.90 Å². The van der Waals surface area contributed by atoms with Crippen LogP contribution in [0.5, 0.6) is 0 Å². The summed E-state index contributed by atoms with van der Waals surface area (Å²) in [5.41, 5.74) is 0. The molecule has 0 bridgehead atoms. The summed E-state index contributed by atoms with van der Waals surface area (Å²) in [6, 6.07) is -0.443. The molecule has 2 heterocycles. The maximum atomic E-state index is 11.7. The molecule has 1 atom stereocenters. The number of nitrogens with zero attached hydrogens (tertiary/aromatic N) is 3. The van der Waals surface area contributed by atoms with Crippen LogP contribution >= 0.6 is 11.6 Å². The average Bonchev–Trinajstić information content (AvgIpc) is 2.28. The van der Waals surface area contributed by atoms with Gasteiger partial charge in [0.2, 0.25) is 11.8 Å². The zero-order valence-electron chi connectivity index (χ0n) is 9.18. The minimum absolute atomic E-state index is 0.0582. The number of rotatable bonds is 2. The third-order valence-corrected chi connectivity index (χ3v) is 2.82. The Morgan fingerprint density at radius 2 is 2.18 bits per heavy atom. The van der Waals surface area contributed by atoms with Gasteiger partial charge in [0.05, 0.1) is 6.54 Å². The summed E-state index contributed by atoms with van der Waals surface area (Å²) < 4.78 is 0. The van der Waals surface area contributed by atoms with E-state index in [-0.39, 0.29) is 23.5 Å². The van der Waals surface area contributed by atoms with Gasteiger partial charge >= 0.3 is 0 Å². The Kier molecular flexibility index (Phi) is 3.23. The number of halogens is 1. The Hall–Kier alpha value is -1.69. The topological polar surface area (TPSA) is 75.2 Å². The number of carbonyl (C=O) groups excluding carboxylic acids is 2. The zero-order chi connectivity index (χ0) is 12.4. The second-order valence-electron chi connectivity index (χ2n) is 3.64. The Balaban J connectivity index is 2.38. The number of hydrogen-bond acceptors (Lipinski definition) is 5. The van der Waals surface area contributed by atoms with Gasteiger partial charge in [0.1, 0.15) is 6.04 Å². The first-order valence-corrected chi connectivity index (χ1v) is 5.58. The fourth-order valence-corrected chi connectivity index (χ4v) is 2.02. The van der Waals surface area contributed by atoms with Gasteiger partial charge in [-0.1, -0.05) is 18.5 Å². The highest BCUT2D eigenvalue weighted by Gasteiger charge is 2.34. The van der Waals surface area contributed by atoms with Crippen LogP contribution < -0.4 is 10.2 Å². The molecule has 0 radical (unpaired) electrons. The molecule has 6 nitrogen and oxygen atoms in total. The molecule has 1 aliphatic rings. The lowest BCUT2D eigenvalue weighted by Crippen LogP contribution is -2.58. The van der Waals surface area contributed by atoms with Crippen LogP contribution in [-0.4, -0.2) is 34.4 Å². The van der Waals surface area contributed by atoms with E-state index in [0.717, 1.165) is 0 Å². The number of aromatic nitrogens is 2. The van der Waals surface area contributed by atoms with Gasteiger partial charge in [-0.25, -0.2) is 9.97 Å². The molecule has 2 amide bonds. The molecule has 1 N–H and O–H groups in total. The molecule has 1 aromatic heterocycles. The summed E-state index contributed by atoms with van der Waals surface area (Å²) in [5, 5.41) is 2.48. The highest BCUT2D eigenvalue weighted by molar-refractivity contribution is 6.31. The van der Waals surface area contributed by atoms with Gasteiger partial charge in [-0.05, 0) is 6.42 Å². The molecule has 1 saturated heterocycles. The third kappa shape index (κ3) is 2.21. The van der Waals surface area contributed by atoms with Crippen molar-refractivity contribution in [2.75, 3.05) is 11.4 Å². The molecule has 90 valence electrons. The van der Waals surface area contributed by atoms with E-state index in [9.17, 15) is 9.59 Å². The van der Waals surface area contributed by atoms with Gasteiger partial charge in [0.25, 0.3) is 0 Å². The Labute approximate surface area is 103 Å². The fourth-order valence-electron chi connectivity index (χ4n) is 1.80. The quantitative estimate of drug-likeness (QED) is 0.772. The van der Waals surface area contributed by atoms with Crippen molar-refractivity contribution in [2.45, 2.75) is 19.4 Å². The highest BCUT2D eigenvalue weighted by atomic mass is 35.5. The standard InChI is InChI=1S/C10H11ClN4O2/c1-2-6-10(17)14-7(16)5-15(6)9-8(11)12-3-4-13-9/h3-4,6H,2,5H2,1H3,(H,14,16,17). The normalized spacial score (nSPS) is 20.4. The summed E-state index contributed by atoms with van der Waals surface area (Å²) in [5.74, 6) is -0.323. The largest absolute Gasteiger partial charge is 0.333 e. The molecule has 1 aliphatic heterocycles. The molecule has 0 aromatic carbocycles. The van der Waals surface area contributed by atoms with Crippen molar-refractivity contribution in [2.24, 2.45) is 0 Å². The van der Waals surface area contributed by atoms with Crippen LogP contribution in [0.25, 0.3) is 0 Å². The highest BCUT2D eigenvalue weighted by Crippen LogP contribution is 2.24. The van der Waals surface area contributed by atoms with Gasteiger partial charge in [0, 0.05) is 12.4 Å². The van der Waals surface area contributed by atoms with E-state index in [0.29, 0.717) is 12.2 Å². The summed E-state index contributed by atoms with van der Waals surface area (Å²) in [4.78, 5) is 32.6. The molecule has 0 saturated carbocycles. The maximum Gasteiger partial charge on any atom is 0.249 e. The monoisotopic (exact) mass is 254 g/mol. The number of carbonyl (C=O) groups is 2. The Morgan fingerprint density at radius 1 is 1.47 bits per heavy atom. The predicted octanol–water partition coefficient (Wildman–Crippen LogP) is 0.371. The van der Waals surface area contributed by atoms with Crippen LogP contribution in [0.15, 0.2) is 12.4 Å². The Morgan fingerprint density at radius 3 is 2.82 bits per heavy atom. The van der Waals surface area contributed by atoms with Gasteiger partial charge in [-0.15, -0.1) is 0 Å². The maximum absolute atomic E-state index is 11.7. The molecule has 0 aliphatic carbocycles. The van der Waals surface area contributed by atoms with Gasteiger partial charge in [-0.2, -0.15) is 0 Å². The molecule has 0 spiro atoms. The first-order valence-electron chi connectivity index (χ1n) is 5.20. The number of anilines is 1. The van der Waals surface area contributed by atoms with Gasteiger partial charge in [-0.3, -0.25) is 14.9 Å². The van der Waals surface area contributed by atoms with Crippen molar-refractivity contribution in [3.05, 3.63) is 17.5 Å². The average molecular weight is 255 g/mol. The second kappa shape index (κ2) is 4.67. The first kappa shape index (κ1) is 11.8. The molecule has 2 rings (SSSR count). The smallest absolute Gasteiger partial charge is 0.249 e. The van der Waals surface area contributed by atoms with E-state index in [2.05, 4.69) is 15.3 Å². The second-order valence-corrected chi connectivity index (χ2v) is 3.99. The fraction of sp³-hybridized carbons (Fsp3) is 0.400. The van der Waals surface area contributed by atoms with Crippen LogP contribution in [0, 0.1) is 0 Å². The third-order valence-electron chi connectivity index (χ3n) is 2.55. The van der Waals surface area contributed by atoms with E-state index in [1.54, 1.807) is 4.90 Å². The van der Waals surface area contributed by atoms with Crippen molar-refractivity contribution in [3.63, 3.8) is 0 Å². The van der Waals surface area contributed by atoms with Crippen molar-refractivity contribution < 1.29 is 9.59 Å².